The number of phenols is 1. The van der Waals surface area contributed by atoms with Gasteiger partial charge in [0.25, 0.3) is 0 Å². The molecule has 2 aliphatic rings. The molecule has 1 saturated heterocycles. The molecule has 0 aromatic heterocycles. The van der Waals surface area contributed by atoms with Crippen molar-refractivity contribution in [3.63, 3.8) is 0 Å². The fourth-order valence-corrected chi connectivity index (χ4v) is 4.59. The maximum absolute atomic E-state index is 9.89. The number of nitrogens with zero attached hydrogens (tertiary/aromatic N) is 1. The summed E-state index contributed by atoms with van der Waals surface area (Å²) >= 11 is 0. The zero-order valence-corrected chi connectivity index (χ0v) is 14.3. The molecule has 3 heteroatoms. The van der Waals surface area contributed by atoms with E-state index in [-0.39, 0.29) is 5.41 Å². The Morgan fingerprint density at radius 3 is 2.95 bits per heavy atom. The van der Waals surface area contributed by atoms with Gasteiger partial charge in [-0.1, -0.05) is 19.9 Å². The van der Waals surface area contributed by atoms with E-state index in [0.29, 0.717) is 23.8 Å². The molecule has 122 valence electrons. The van der Waals surface area contributed by atoms with Crippen LogP contribution in [0.25, 0.3) is 0 Å². The van der Waals surface area contributed by atoms with E-state index in [0.717, 1.165) is 32.5 Å². The SMILES string of the molecule is CCO[C@H](C)CN1CC[C@]2(C)c3cc(O)ccc3C[C@@H]1[C@@H]2C. The monoisotopic (exact) mass is 303 g/mol. The lowest BCUT2D eigenvalue weighted by molar-refractivity contribution is -0.0164. The number of ether oxygens (including phenoxy) is 1. The third-order valence-electron chi connectivity index (χ3n) is 6.05. The molecule has 0 spiro atoms. The van der Waals surface area contributed by atoms with E-state index in [9.17, 15) is 5.11 Å². The lowest BCUT2D eigenvalue weighted by Gasteiger charge is -2.55. The molecule has 1 N–H and O–H groups in total. The summed E-state index contributed by atoms with van der Waals surface area (Å²) < 4.78 is 5.75. The van der Waals surface area contributed by atoms with E-state index in [4.69, 9.17) is 4.74 Å². The molecule has 4 atom stereocenters. The average Bonchev–Trinajstić information content (AvgIpc) is 2.47. The third kappa shape index (κ3) is 2.55. The van der Waals surface area contributed by atoms with Crippen molar-refractivity contribution in [1.29, 1.82) is 0 Å². The molecule has 1 aliphatic carbocycles. The Kier molecular flexibility index (Phi) is 4.21. The minimum absolute atomic E-state index is 0.183. The highest BCUT2D eigenvalue weighted by molar-refractivity contribution is 5.44. The van der Waals surface area contributed by atoms with Gasteiger partial charge in [-0.3, -0.25) is 4.90 Å². The first kappa shape index (κ1) is 15.8. The van der Waals surface area contributed by atoms with Crippen molar-refractivity contribution in [1.82, 2.24) is 4.90 Å². The van der Waals surface area contributed by atoms with Crippen LogP contribution >= 0.6 is 0 Å². The van der Waals surface area contributed by atoms with Crippen molar-refractivity contribution in [2.45, 2.75) is 58.1 Å². The van der Waals surface area contributed by atoms with Gasteiger partial charge in [-0.2, -0.15) is 0 Å². The topological polar surface area (TPSA) is 32.7 Å². The molecule has 1 fully saturated rings. The molecule has 22 heavy (non-hydrogen) atoms. The fourth-order valence-electron chi connectivity index (χ4n) is 4.59. The zero-order valence-electron chi connectivity index (χ0n) is 14.3. The van der Waals surface area contributed by atoms with Crippen LogP contribution in [-0.2, 0) is 16.6 Å². The summed E-state index contributed by atoms with van der Waals surface area (Å²) in [6.07, 6.45) is 2.54. The van der Waals surface area contributed by atoms with Crippen molar-refractivity contribution in [3.05, 3.63) is 29.3 Å². The number of piperidine rings is 1. The number of hydrogen-bond donors (Lipinski definition) is 1. The highest BCUT2D eigenvalue weighted by atomic mass is 16.5. The molecule has 1 aromatic rings. The van der Waals surface area contributed by atoms with Gasteiger partial charge in [0.2, 0.25) is 0 Å². The van der Waals surface area contributed by atoms with Crippen molar-refractivity contribution in [2.75, 3.05) is 19.7 Å². The van der Waals surface area contributed by atoms with Crippen LogP contribution in [-0.4, -0.2) is 41.8 Å². The van der Waals surface area contributed by atoms with Crippen molar-refractivity contribution in [3.8, 4) is 5.75 Å². The normalized spacial score (nSPS) is 32.5. The Labute approximate surface area is 134 Å². The highest BCUT2D eigenvalue weighted by Crippen LogP contribution is 2.49. The van der Waals surface area contributed by atoms with Crippen LogP contribution < -0.4 is 0 Å². The fraction of sp³-hybridized carbons (Fsp3) is 0.684. The van der Waals surface area contributed by atoms with Crippen LogP contribution in [0.2, 0.25) is 0 Å². The summed E-state index contributed by atoms with van der Waals surface area (Å²) in [6, 6.07) is 6.54. The smallest absolute Gasteiger partial charge is 0.115 e. The lowest BCUT2D eigenvalue weighted by Crippen LogP contribution is -2.59. The first-order chi connectivity index (χ1) is 10.5. The van der Waals surface area contributed by atoms with Crippen molar-refractivity contribution in [2.24, 2.45) is 5.92 Å². The molecule has 3 nitrogen and oxygen atoms in total. The number of aromatic hydroxyl groups is 1. The summed E-state index contributed by atoms with van der Waals surface area (Å²) in [7, 11) is 0. The van der Waals surface area contributed by atoms with E-state index < -0.39 is 0 Å². The van der Waals surface area contributed by atoms with Crippen LogP contribution in [0.5, 0.6) is 5.75 Å². The first-order valence-electron chi connectivity index (χ1n) is 8.63. The molecule has 0 radical (unpaired) electrons. The second kappa shape index (κ2) is 5.86. The summed E-state index contributed by atoms with van der Waals surface area (Å²) in [4.78, 5) is 2.63. The van der Waals surface area contributed by atoms with Gasteiger partial charge in [-0.15, -0.1) is 0 Å². The summed E-state index contributed by atoms with van der Waals surface area (Å²) in [5, 5.41) is 9.89. The van der Waals surface area contributed by atoms with Crippen LogP contribution in [0.15, 0.2) is 18.2 Å². The van der Waals surface area contributed by atoms with Gasteiger partial charge in [0.15, 0.2) is 0 Å². The number of benzene rings is 1. The number of phenolic OH excluding ortho intramolecular Hbond substituents is 1. The lowest BCUT2D eigenvalue weighted by atomic mass is 9.59. The van der Waals surface area contributed by atoms with Gasteiger partial charge < -0.3 is 9.84 Å². The van der Waals surface area contributed by atoms with Crippen LogP contribution in [0.1, 0.15) is 45.2 Å². The molecule has 1 aromatic carbocycles. The quantitative estimate of drug-likeness (QED) is 0.926. The number of fused-ring (bicyclic) bond motifs is 4. The van der Waals surface area contributed by atoms with Crippen LogP contribution in [0.3, 0.4) is 0 Å². The molecule has 0 amide bonds. The molecule has 3 rings (SSSR count). The minimum atomic E-state index is 0.183. The van der Waals surface area contributed by atoms with E-state index in [1.54, 1.807) is 0 Å². The third-order valence-corrected chi connectivity index (χ3v) is 6.05. The molecule has 2 bridgehead atoms. The van der Waals surface area contributed by atoms with Gasteiger partial charge >= 0.3 is 0 Å². The highest BCUT2D eigenvalue weighted by Gasteiger charge is 2.48. The Morgan fingerprint density at radius 2 is 2.23 bits per heavy atom. The Bertz CT molecular complexity index is 544. The predicted molar refractivity (Wildman–Crippen MR) is 89.4 cm³/mol. The van der Waals surface area contributed by atoms with Gasteiger partial charge in [0.05, 0.1) is 6.10 Å². The predicted octanol–water partition coefficient (Wildman–Crippen LogP) is 3.34. The molecule has 1 aliphatic heterocycles. The largest absolute Gasteiger partial charge is 0.508 e. The summed E-state index contributed by atoms with van der Waals surface area (Å²) in [5.41, 5.74) is 2.97. The van der Waals surface area contributed by atoms with Gasteiger partial charge in [0.1, 0.15) is 5.75 Å². The second-order valence-electron chi connectivity index (χ2n) is 7.33. The van der Waals surface area contributed by atoms with E-state index >= 15 is 0 Å². The van der Waals surface area contributed by atoms with E-state index in [1.165, 1.54) is 11.1 Å². The number of likely N-dealkylation sites (tertiary alicyclic amines) is 1. The molecule has 0 saturated carbocycles. The summed E-state index contributed by atoms with van der Waals surface area (Å²) in [5.74, 6) is 1.00. The molecular weight excluding hydrogens is 274 g/mol. The van der Waals surface area contributed by atoms with E-state index in [2.05, 4.69) is 38.7 Å². The minimum Gasteiger partial charge on any atom is -0.508 e. The molecule has 0 unspecified atom stereocenters. The molecule has 1 heterocycles. The van der Waals surface area contributed by atoms with Crippen molar-refractivity contribution < 1.29 is 9.84 Å². The molecular formula is C19H29NO2. The van der Waals surface area contributed by atoms with Gasteiger partial charge in [-0.25, -0.2) is 0 Å². The Hall–Kier alpha value is -1.06. The zero-order chi connectivity index (χ0) is 15.9. The Morgan fingerprint density at radius 1 is 1.45 bits per heavy atom. The second-order valence-corrected chi connectivity index (χ2v) is 7.33. The maximum atomic E-state index is 9.89. The number of hydrogen-bond acceptors (Lipinski definition) is 3. The number of rotatable bonds is 4. The summed E-state index contributed by atoms with van der Waals surface area (Å²) in [6.45, 7) is 11.9. The van der Waals surface area contributed by atoms with Crippen molar-refractivity contribution >= 4 is 0 Å². The standard InChI is InChI=1S/C19H29NO2/c1-5-22-13(2)12-20-9-8-19(4)14(3)18(20)10-15-6-7-16(21)11-17(15)19/h6-7,11,13-14,18,21H,5,8-10,12H2,1-4H3/t13-,14+,18-,19+/m1/s1. The van der Waals surface area contributed by atoms with Crippen LogP contribution in [0.4, 0.5) is 0 Å². The van der Waals surface area contributed by atoms with Gasteiger partial charge in [0, 0.05) is 19.2 Å². The van der Waals surface area contributed by atoms with Gasteiger partial charge in [-0.05, 0) is 67.8 Å². The van der Waals surface area contributed by atoms with Crippen LogP contribution in [0, 0.1) is 5.92 Å². The maximum Gasteiger partial charge on any atom is 0.115 e. The van der Waals surface area contributed by atoms with E-state index in [1.807, 2.05) is 12.1 Å². The first-order valence-corrected chi connectivity index (χ1v) is 8.63. The Balaban J connectivity index is 1.88. The average molecular weight is 303 g/mol.